The standard InChI is InChI=1S/C20H19N3O2S/c1-14-7-10-17(11-8-14)26(24,25)23-16-9-12-19(21)18(13-16)20(22)15-5-3-2-4-6-15/h2-13,22-23H,21H2,1H3. The van der Waals surface area contributed by atoms with Crippen molar-refractivity contribution >= 4 is 27.1 Å². The summed E-state index contributed by atoms with van der Waals surface area (Å²) in [5.41, 5.74) is 9.17. The van der Waals surface area contributed by atoms with Crippen LogP contribution in [0.15, 0.2) is 77.7 Å². The van der Waals surface area contributed by atoms with Gasteiger partial charge in [0.1, 0.15) is 0 Å². The molecule has 132 valence electrons. The highest BCUT2D eigenvalue weighted by atomic mass is 32.2. The lowest BCUT2D eigenvalue weighted by Gasteiger charge is -2.12. The Labute approximate surface area is 153 Å². The van der Waals surface area contributed by atoms with Crippen LogP contribution in [0, 0.1) is 12.3 Å². The van der Waals surface area contributed by atoms with Crippen molar-refractivity contribution in [3.8, 4) is 0 Å². The summed E-state index contributed by atoms with van der Waals surface area (Å²) in [6.07, 6.45) is 0. The van der Waals surface area contributed by atoms with E-state index < -0.39 is 10.0 Å². The van der Waals surface area contributed by atoms with Gasteiger partial charge in [0, 0.05) is 22.5 Å². The molecule has 4 N–H and O–H groups in total. The van der Waals surface area contributed by atoms with Gasteiger partial charge in [-0.3, -0.25) is 10.1 Å². The van der Waals surface area contributed by atoms with E-state index in [-0.39, 0.29) is 10.6 Å². The van der Waals surface area contributed by atoms with Crippen LogP contribution in [0.1, 0.15) is 16.7 Å². The summed E-state index contributed by atoms with van der Waals surface area (Å²) in [6, 6.07) is 20.5. The molecular formula is C20H19N3O2S. The van der Waals surface area contributed by atoms with Gasteiger partial charge in [-0.1, -0.05) is 48.0 Å². The Balaban J connectivity index is 1.92. The first-order valence-electron chi connectivity index (χ1n) is 8.00. The third-order valence-electron chi connectivity index (χ3n) is 3.97. The minimum atomic E-state index is -3.71. The molecule has 0 saturated carbocycles. The topological polar surface area (TPSA) is 96.0 Å². The van der Waals surface area contributed by atoms with Crippen LogP contribution in [-0.4, -0.2) is 14.1 Å². The van der Waals surface area contributed by atoms with Crippen LogP contribution in [0.5, 0.6) is 0 Å². The molecule has 0 unspecified atom stereocenters. The molecule has 26 heavy (non-hydrogen) atoms. The van der Waals surface area contributed by atoms with E-state index in [9.17, 15) is 8.42 Å². The first-order valence-corrected chi connectivity index (χ1v) is 9.48. The van der Waals surface area contributed by atoms with E-state index in [0.717, 1.165) is 5.56 Å². The second kappa shape index (κ2) is 7.01. The number of benzene rings is 3. The predicted octanol–water partition coefficient (Wildman–Crippen LogP) is 3.79. The highest BCUT2D eigenvalue weighted by Crippen LogP contribution is 2.23. The van der Waals surface area contributed by atoms with Crippen molar-refractivity contribution in [3.63, 3.8) is 0 Å². The van der Waals surface area contributed by atoms with Gasteiger partial charge in [0.25, 0.3) is 10.0 Å². The molecule has 3 rings (SSSR count). The van der Waals surface area contributed by atoms with Crippen LogP contribution in [0.2, 0.25) is 0 Å². The highest BCUT2D eigenvalue weighted by Gasteiger charge is 2.16. The fourth-order valence-corrected chi connectivity index (χ4v) is 3.58. The van der Waals surface area contributed by atoms with Crippen LogP contribution in [0.3, 0.4) is 0 Å². The van der Waals surface area contributed by atoms with Crippen molar-refractivity contribution < 1.29 is 8.42 Å². The number of nitrogen functional groups attached to an aromatic ring is 1. The fraction of sp³-hybridized carbons (Fsp3) is 0.0500. The number of hydrogen-bond acceptors (Lipinski definition) is 4. The van der Waals surface area contributed by atoms with Gasteiger partial charge in [-0.15, -0.1) is 0 Å². The molecule has 0 aliphatic heterocycles. The summed E-state index contributed by atoms with van der Waals surface area (Å²) < 4.78 is 27.7. The summed E-state index contributed by atoms with van der Waals surface area (Å²) in [6.45, 7) is 1.89. The molecule has 0 spiro atoms. The third-order valence-corrected chi connectivity index (χ3v) is 5.37. The number of nitrogens with two attached hydrogens (primary N) is 1. The van der Waals surface area contributed by atoms with Gasteiger partial charge in [0.15, 0.2) is 0 Å². The number of sulfonamides is 1. The van der Waals surface area contributed by atoms with Crippen molar-refractivity contribution in [1.82, 2.24) is 0 Å². The normalized spacial score (nSPS) is 11.1. The number of aryl methyl sites for hydroxylation is 1. The zero-order valence-corrected chi connectivity index (χ0v) is 15.0. The SMILES string of the molecule is Cc1ccc(S(=O)(=O)Nc2ccc(N)c(C(=N)c3ccccc3)c2)cc1. The first-order chi connectivity index (χ1) is 12.4. The quantitative estimate of drug-likeness (QED) is 0.474. The molecule has 0 heterocycles. The minimum absolute atomic E-state index is 0.180. The average molecular weight is 365 g/mol. The van der Waals surface area contributed by atoms with E-state index in [4.69, 9.17) is 11.1 Å². The van der Waals surface area contributed by atoms with Crippen molar-refractivity contribution in [1.29, 1.82) is 5.41 Å². The highest BCUT2D eigenvalue weighted by molar-refractivity contribution is 7.92. The van der Waals surface area contributed by atoms with Crippen LogP contribution in [0.4, 0.5) is 11.4 Å². The Morgan fingerprint density at radius 3 is 2.27 bits per heavy atom. The Kier molecular flexibility index (Phi) is 4.77. The van der Waals surface area contributed by atoms with Gasteiger partial charge in [-0.2, -0.15) is 0 Å². The van der Waals surface area contributed by atoms with Gasteiger partial charge in [-0.05, 0) is 37.3 Å². The molecule has 0 amide bonds. The zero-order valence-electron chi connectivity index (χ0n) is 14.2. The molecule has 0 atom stereocenters. The second-order valence-corrected chi connectivity index (χ2v) is 7.64. The molecule has 0 saturated heterocycles. The molecule has 3 aromatic rings. The Hall–Kier alpha value is -3.12. The van der Waals surface area contributed by atoms with E-state index in [0.29, 0.717) is 22.5 Å². The molecule has 0 aliphatic rings. The molecular weight excluding hydrogens is 346 g/mol. The van der Waals surface area contributed by atoms with Gasteiger partial charge in [0.2, 0.25) is 0 Å². The number of nitrogens with one attached hydrogen (secondary N) is 2. The van der Waals surface area contributed by atoms with Gasteiger partial charge in [-0.25, -0.2) is 8.42 Å². The maximum absolute atomic E-state index is 12.6. The molecule has 0 fully saturated rings. The van der Waals surface area contributed by atoms with E-state index in [1.54, 1.807) is 42.5 Å². The molecule has 3 aromatic carbocycles. The summed E-state index contributed by atoms with van der Waals surface area (Å²) in [7, 11) is -3.71. The average Bonchev–Trinajstić information content (AvgIpc) is 2.63. The molecule has 0 bridgehead atoms. The Morgan fingerprint density at radius 1 is 0.962 bits per heavy atom. The van der Waals surface area contributed by atoms with Crippen molar-refractivity contribution in [3.05, 3.63) is 89.5 Å². The maximum Gasteiger partial charge on any atom is 0.261 e. The maximum atomic E-state index is 12.6. The van der Waals surface area contributed by atoms with Gasteiger partial charge < -0.3 is 5.73 Å². The monoisotopic (exact) mass is 365 g/mol. The van der Waals surface area contributed by atoms with Crippen LogP contribution >= 0.6 is 0 Å². The van der Waals surface area contributed by atoms with Crippen molar-refractivity contribution in [2.75, 3.05) is 10.5 Å². The van der Waals surface area contributed by atoms with E-state index in [2.05, 4.69) is 4.72 Å². The van der Waals surface area contributed by atoms with Crippen LogP contribution in [-0.2, 0) is 10.0 Å². The van der Waals surface area contributed by atoms with Crippen molar-refractivity contribution in [2.45, 2.75) is 11.8 Å². The summed E-state index contributed by atoms with van der Waals surface area (Å²) in [5.74, 6) is 0. The van der Waals surface area contributed by atoms with Crippen LogP contribution in [0.25, 0.3) is 0 Å². The van der Waals surface area contributed by atoms with Gasteiger partial charge >= 0.3 is 0 Å². The lowest BCUT2D eigenvalue weighted by molar-refractivity contribution is 0.601. The minimum Gasteiger partial charge on any atom is -0.398 e. The number of rotatable bonds is 5. The Morgan fingerprint density at radius 2 is 1.62 bits per heavy atom. The predicted molar refractivity (Wildman–Crippen MR) is 105 cm³/mol. The lowest BCUT2D eigenvalue weighted by Crippen LogP contribution is -2.14. The van der Waals surface area contributed by atoms with Gasteiger partial charge in [0.05, 0.1) is 10.6 Å². The second-order valence-electron chi connectivity index (χ2n) is 5.96. The van der Waals surface area contributed by atoms with E-state index >= 15 is 0 Å². The molecule has 0 radical (unpaired) electrons. The number of hydrogen-bond donors (Lipinski definition) is 3. The third kappa shape index (κ3) is 3.75. The smallest absolute Gasteiger partial charge is 0.261 e. The summed E-state index contributed by atoms with van der Waals surface area (Å²) in [4.78, 5) is 0.180. The summed E-state index contributed by atoms with van der Waals surface area (Å²) >= 11 is 0. The largest absolute Gasteiger partial charge is 0.398 e. The molecule has 0 aliphatic carbocycles. The molecule has 6 heteroatoms. The fourth-order valence-electron chi connectivity index (χ4n) is 2.53. The molecule has 5 nitrogen and oxygen atoms in total. The summed E-state index contributed by atoms with van der Waals surface area (Å²) in [5, 5.41) is 8.37. The van der Waals surface area contributed by atoms with E-state index in [1.165, 1.54) is 0 Å². The van der Waals surface area contributed by atoms with Crippen LogP contribution < -0.4 is 10.5 Å². The van der Waals surface area contributed by atoms with E-state index in [1.807, 2.05) is 37.3 Å². The zero-order chi connectivity index (χ0) is 18.7. The Bertz CT molecular complexity index is 1040. The first kappa shape index (κ1) is 17.7. The van der Waals surface area contributed by atoms with Crippen molar-refractivity contribution in [2.24, 2.45) is 0 Å². The lowest BCUT2D eigenvalue weighted by atomic mass is 10.0. The number of anilines is 2. The molecule has 0 aromatic heterocycles.